The monoisotopic (exact) mass is 266 g/mol. The number of nitrogens with two attached hydrogens (primary N) is 1. The Kier molecular flexibility index (Phi) is 6.15. The smallest absolute Gasteiger partial charge is 0.255 e. The summed E-state index contributed by atoms with van der Waals surface area (Å²) in [6.45, 7) is 5.48. The van der Waals surface area contributed by atoms with Crippen LogP contribution >= 0.6 is 0 Å². The number of methoxy groups -OCH3 is 1. The molecular weight excluding hydrogens is 244 g/mol. The summed E-state index contributed by atoms with van der Waals surface area (Å²) in [4.78, 5) is 12.1. The van der Waals surface area contributed by atoms with Crippen LogP contribution in [-0.2, 0) is 4.74 Å². The second-order valence-corrected chi connectivity index (χ2v) is 4.43. The third-order valence-corrected chi connectivity index (χ3v) is 2.64. The highest BCUT2D eigenvalue weighted by molar-refractivity contribution is 5.98. The van der Waals surface area contributed by atoms with Gasteiger partial charge in [0.25, 0.3) is 5.91 Å². The first-order valence-corrected chi connectivity index (χ1v) is 6.38. The molecule has 0 spiro atoms. The number of benzene rings is 1. The zero-order valence-electron chi connectivity index (χ0n) is 11.7. The SMILES string of the molecule is CCOc1c(N)cccc1C(=O)NCC(C)COC. The molecule has 1 amide bonds. The van der Waals surface area contributed by atoms with E-state index in [1.807, 2.05) is 13.8 Å². The number of amides is 1. The second-order valence-electron chi connectivity index (χ2n) is 4.43. The molecule has 0 aliphatic rings. The van der Waals surface area contributed by atoms with E-state index in [-0.39, 0.29) is 11.8 Å². The number of nitrogens with one attached hydrogen (secondary N) is 1. The highest BCUT2D eigenvalue weighted by atomic mass is 16.5. The highest BCUT2D eigenvalue weighted by Crippen LogP contribution is 2.26. The van der Waals surface area contributed by atoms with Gasteiger partial charge in [0, 0.05) is 13.7 Å². The number of carbonyl (C=O) groups is 1. The van der Waals surface area contributed by atoms with Crippen molar-refractivity contribution >= 4 is 11.6 Å². The van der Waals surface area contributed by atoms with Gasteiger partial charge >= 0.3 is 0 Å². The Balaban J connectivity index is 2.73. The molecule has 0 heterocycles. The molecular formula is C14H22N2O3. The summed E-state index contributed by atoms with van der Waals surface area (Å²) >= 11 is 0. The van der Waals surface area contributed by atoms with E-state index in [1.165, 1.54) is 0 Å². The van der Waals surface area contributed by atoms with Gasteiger partial charge in [-0.25, -0.2) is 0 Å². The number of nitrogen functional groups attached to an aromatic ring is 1. The summed E-state index contributed by atoms with van der Waals surface area (Å²) in [6.07, 6.45) is 0. The van der Waals surface area contributed by atoms with Crippen LogP contribution in [0.3, 0.4) is 0 Å². The van der Waals surface area contributed by atoms with E-state index in [0.29, 0.717) is 36.8 Å². The number of rotatable bonds is 7. The third-order valence-electron chi connectivity index (χ3n) is 2.64. The van der Waals surface area contributed by atoms with Gasteiger partial charge in [0.05, 0.1) is 24.5 Å². The fourth-order valence-electron chi connectivity index (χ4n) is 1.74. The maximum atomic E-state index is 12.1. The largest absolute Gasteiger partial charge is 0.491 e. The molecule has 3 N–H and O–H groups in total. The lowest BCUT2D eigenvalue weighted by molar-refractivity contribution is 0.0930. The van der Waals surface area contributed by atoms with Crippen molar-refractivity contribution in [2.45, 2.75) is 13.8 Å². The number of carbonyl (C=O) groups excluding carboxylic acids is 1. The Bertz CT molecular complexity index is 421. The quantitative estimate of drug-likeness (QED) is 0.736. The van der Waals surface area contributed by atoms with Crippen LogP contribution < -0.4 is 15.8 Å². The Labute approximate surface area is 114 Å². The molecule has 0 fully saturated rings. The number of para-hydroxylation sites is 1. The Morgan fingerprint density at radius 1 is 1.47 bits per heavy atom. The van der Waals surface area contributed by atoms with Gasteiger partial charge in [0.1, 0.15) is 0 Å². The van der Waals surface area contributed by atoms with E-state index in [9.17, 15) is 4.79 Å². The molecule has 5 heteroatoms. The van der Waals surface area contributed by atoms with Gasteiger partial charge in [0.15, 0.2) is 5.75 Å². The number of hydrogen-bond donors (Lipinski definition) is 2. The lowest BCUT2D eigenvalue weighted by Gasteiger charge is -2.14. The summed E-state index contributed by atoms with van der Waals surface area (Å²) in [7, 11) is 1.64. The van der Waals surface area contributed by atoms with E-state index < -0.39 is 0 Å². The predicted octanol–water partition coefficient (Wildman–Crippen LogP) is 1.68. The minimum absolute atomic E-state index is 0.182. The first kappa shape index (κ1) is 15.3. The zero-order valence-corrected chi connectivity index (χ0v) is 11.7. The molecule has 0 bridgehead atoms. The van der Waals surface area contributed by atoms with Crippen LogP contribution in [0.2, 0.25) is 0 Å². The molecule has 0 aromatic heterocycles. The first-order chi connectivity index (χ1) is 9.10. The van der Waals surface area contributed by atoms with Crippen molar-refractivity contribution in [2.75, 3.05) is 32.6 Å². The maximum Gasteiger partial charge on any atom is 0.255 e. The van der Waals surface area contributed by atoms with Crippen molar-refractivity contribution in [3.8, 4) is 5.75 Å². The molecule has 1 atom stereocenters. The van der Waals surface area contributed by atoms with E-state index in [1.54, 1.807) is 25.3 Å². The van der Waals surface area contributed by atoms with Crippen molar-refractivity contribution < 1.29 is 14.3 Å². The Hall–Kier alpha value is -1.75. The van der Waals surface area contributed by atoms with E-state index in [2.05, 4.69) is 5.32 Å². The molecule has 0 radical (unpaired) electrons. The zero-order chi connectivity index (χ0) is 14.3. The minimum Gasteiger partial charge on any atom is -0.491 e. The van der Waals surface area contributed by atoms with Crippen molar-refractivity contribution in [1.82, 2.24) is 5.32 Å². The molecule has 19 heavy (non-hydrogen) atoms. The third kappa shape index (κ3) is 4.44. The summed E-state index contributed by atoms with van der Waals surface area (Å²) in [6, 6.07) is 5.17. The van der Waals surface area contributed by atoms with Gasteiger partial charge in [-0.2, -0.15) is 0 Å². The van der Waals surface area contributed by atoms with Gasteiger partial charge in [-0.3, -0.25) is 4.79 Å². The predicted molar refractivity (Wildman–Crippen MR) is 75.4 cm³/mol. The highest BCUT2D eigenvalue weighted by Gasteiger charge is 2.15. The number of hydrogen-bond acceptors (Lipinski definition) is 4. The first-order valence-electron chi connectivity index (χ1n) is 6.38. The van der Waals surface area contributed by atoms with Crippen LogP contribution in [0.25, 0.3) is 0 Å². The van der Waals surface area contributed by atoms with Crippen LogP contribution in [-0.4, -0.2) is 32.8 Å². The lowest BCUT2D eigenvalue weighted by Crippen LogP contribution is -2.30. The fourth-order valence-corrected chi connectivity index (χ4v) is 1.74. The second kappa shape index (κ2) is 7.63. The maximum absolute atomic E-state index is 12.1. The average Bonchev–Trinajstić information content (AvgIpc) is 2.39. The standard InChI is InChI=1S/C14H22N2O3/c1-4-19-13-11(6-5-7-12(13)15)14(17)16-8-10(2)9-18-3/h5-7,10H,4,8-9,15H2,1-3H3,(H,16,17). The van der Waals surface area contributed by atoms with Crippen LogP contribution in [0.1, 0.15) is 24.2 Å². The van der Waals surface area contributed by atoms with Gasteiger partial charge < -0.3 is 20.5 Å². The van der Waals surface area contributed by atoms with Gasteiger partial charge in [-0.05, 0) is 25.0 Å². The summed E-state index contributed by atoms with van der Waals surface area (Å²) in [5, 5.41) is 2.86. The van der Waals surface area contributed by atoms with Gasteiger partial charge in [-0.15, -0.1) is 0 Å². The van der Waals surface area contributed by atoms with Crippen LogP contribution in [0.5, 0.6) is 5.75 Å². The van der Waals surface area contributed by atoms with E-state index >= 15 is 0 Å². The molecule has 106 valence electrons. The average molecular weight is 266 g/mol. The Morgan fingerprint density at radius 2 is 2.21 bits per heavy atom. The molecule has 0 saturated heterocycles. The molecule has 1 unspecified atom stereocenters. The molecule has 1 rings (SSSR count). The molecule has 0 aliphatic heterocycles. The Morgan fingerprint density at radius 3 is 2.84 bits per heavy atom. The summed E-state index contributed by atoms with van der Waals surface area (Å²) < 4.78 is 10.5. The van der Waals surface area contributed by atoms with E-state index in [4.69, 9.17) is 15.2 Å². The van der Waals surface area contributed by atoms with E-state index in [0.717, 1.165) is 0 Å². The van der Waals surface area contributed by atoms with Crippen LogP contribution in [0.4, 0.5) is 5.69 Å². The van der Waals surface area contributed by atoms with Gasteiger partial charge in [0.2, 0.25) is 0 Å². The lowest BCUT2D eigenvalue weighted by atomic mass is 10.1. The van der Waals surface area contributed by atoms with Crippen molar-refractivity contribution in [2.24, 2.45) is 5.92 Å². The molecule has 5 nitrogen and oxygen atoms in total. The van der Waals surface area contributed by atoms with Crippen LogP contribution in [0, 0.1) is 5.92 Å². The van der Waals surface area contributed by atoms with Crippen molar-refractivity contribution in [1.29, 1.82) is 0 Å². The van der Waals surface area contributed by atoms with Crippen molar-refractivity contribution in [3.05, 3.63) is 23.8 Å². The fraction of sp³-hybridized carbons (Fsp3) is 0.500. The molecule has 0 aliphatic carbocycles. The van der Waals surface area contributed by atoms with Gasteiger partial charge in [-0.1, -0.05) is 13.0 Å². The summed E-state index contributed by atoms with van der Waals surface area (Å²) in [5.74, 6) is 0.520. The van der Waals surface area contributed by atoms with Crippen molar-refractivity contribution in [3.63, 3.8) is 0 Å². The molecule has 1 aromatic carbocycles. The number of ether oxygens (including phenoxy) is 2. The topological polar surface area (TPSA) is 73.6 Å². The minimum atomic E-state index is -0.182. The number of anilines is 1. The van der Waals surface area contributed by atoms with Crippen LogP contribution in [0.15, 0.2) is 18.2 Å². The molecule has 1 aromatic rings. The molecule has 0 saturated carbocycles. The summed E-state index contributed by atoms with van der Waals surface area (Å²) in [5.41, 5.74) is 6.76. The normalized spacial score (nSPS) is 11.9.